The van der Waals surface area contributed by atoms with Crippen LogP contribution in [0.5, 0.6) is 0 Å². The molecule has 1 aliphatic rings. The van der Waals surface area contributed by atoms with Gasteiger partial charge in [-0.2, -0.15) is 0 Å². The molecule has 0 unspecified atom stereocenters. The molecule has 0 radical (unpaired) electrons. The van der Waals surface area contributed by atoms with Gasteiger partial charge in [-0.1, -0.05) is 266 Å². The van der Waals surface area contributed by atoms with Gasteiger partial charge in [-0.05, 0) is 157 Å². The SMILES string of the molecule is C=Cc1ccc2cc(-c3ccc4c(c3)C(CCCCCCCC)(CCCCCCCC)c3cc(-c5ccc(N(c6ccc(-c7ccc(C(C)(C)C)cc7)cc6)c6ccc(-c7ccc(C(C)(C)C)cc7)cc6)cc5)ccc3-4)oc2c1. The Morgan fingerprint density at radius 3 is 1.22 bits per heavy atom. The first-order chi connectivity index (χ1) is 38.3. The van der Waals surface area contributed by atoms with Crippen LogP contribution in [0.15, 0.2) is 193 Å². The molecule has 0 atom stereocenters. The monoisotopic (exact) mass is 1040 g/mol. The molecule has 10 rings (SSSR count). The minimum Gasteiger partial charge on any atom is -0.456 e. The van der Waals surface area contributed by atoms with Crippen molar-refractivity contribution in [3.63, 3.8) is 0 Å². The minimum atomic E-state index is -0.0907. The number of hydrogen-bond acceptors (Lipinski definition) is 2. The Kier molecular flexibility index (Phi) is 16.8. The van der Waals surface area contributed by atoms with Crippen molar-refractivity contribution in [2.75, 3.05) is 4.90 Å². The van der Waals surface area contributed by atoms with Crippen molar-refractivity contribution in [3.05, 3.63) is 216 Å². The second-order valence-electron chi connectivity index (χ2n) is 24.9. The Hall–Kier alpha value is -7.16. The third kappa shape index (κ3) is 12.2. The van der Waals surface area contributed by atoms with E-state index in [0.29, 0.717) is 0 Å². The maximum absolute atomic E-state index is 6.65. The predicted octanol–water partition coefficient (Wildman–Crippen LogP) is 23.6. The average Bonchev–Trinajstić information content (AvgIpc) is 4.25. The van der Waals surface area contributed by atoms with Crippen molar-refractivity contribution >= 4 is 34.1 Å². The van der Waals surface area contributed by atoms with Gasteiger partial charge in [0.2, 0.25) is 0 Å². The van der Waals surface area contributed by atoms with E-state index in [2.05, 4.69) is 249 Å². The van der Waals surface area contributed by atoms with Crippen LogP contribution in [0.1, 0.15) is 173 Å². The molecule has 404 valence electrons. The van der Waals surface area contributed by atoms with Gasteiger partial charge in [0.15, 0.2) is 0 Å². The highest BCUT2D eigenvalue weighted by molar-refractivity contribution is 5.89. The van der Waals surface area contributed by atoms with Gasteiger partial charge in [-0.25, -0.2) is 0 Å². The number of rotatable bonds is 22. The summed E-state index contributed by atoms with van der Waals surface area (Å²) in [5.41, 5.74) is 22.5. The smallest absolute Gasteiger partial charge is 0.135 e. The van der Waals surface area contributed by atoms with Crippen molar-refractivity contribution in [1.29, 1.82) is 0 Å². The second kappa shape index (κ2) is 24.1. The first-order valence-corrected chi connectivity index (χ1v) is 30.0. The lowest BCUT2D eigenvalue weighted by molar-refractivity contribution is 0.398. The molecule has 9 aromatic rings. The Morgan fingerprint density at radius 2 is 0.785 bits per heavy atom. The van der Waals surface area contributed by atoms with Crippen LogP contribution >= 0.6 is 0 Å². The number of nitrogens with zero attached hydrogens (tertiary/aromatic N) is 1. The molecule has 1 heterocycles. The van der Waals surface area contributed by atoms with E-state index in [-0.39, 0.29) is 16.2 Å². The largest absolute Gasteiger partial charge is 0.456 e. The number of anilines is 3. The molecule has 2 heteroatoms. The van der Waals surface area contributed by atoms with Crippen LogP contribution in [0.25, 0.3) is 72.9 Å². The molecule has 0 aliphatic heterocycles. The van der Waals surface area contributed by atoms with E-state index >= 15 is 0 Å². The normalized spacial score (nSPS) is 12.9. The van der Waals surface area contributed by atoms with E-state index in [1.807, 2.05) is 6.08 Å². The minimum absolute atomic E-state index is 0.0907. The number of furan rings is 1. The van der Waals surface area contributed by atoms with Crippen molar-refractivity contribution in [3.8, 4) is 55.8 Å². The summed E-state index contributed by atoms with van der Waals surface area (Å²) < 4.78 is 6.65. The van der Waals surface area contributed by atoms with Crippen LogP contribution in [0.4, 0.5) is 17.1 Å². The lowest BCUT2D eigenvalue weighted by Gasteiger charge is -2.33. The van der Waals surface area contributed by atoms with E-state index in [4.69, 9.17) is 4.42 Å². The zero-order chi connectivity index (χ0) is 55.2. The summed E-state index contributed by atoms with van der Waals surface area (Å²) in [6.07, 6.45) is 19.6. The van der Waals surface area contributed by atoms with E-state index in [1.165, 1.54) is 144 Å². The highest BCUT2D eigenvalue weighted by Gasteiger charge is 2.43. The van der Waals surface area contributed by atoms with E-state index in [9.17, 15) is 0 Å². The molecule has 0 bridgehead atoms. The van der Waals surface area contributed by atoms with E-state index < -0.39 is 0 Å². The quantitative estimate of drug-likeness (QED) is 0.0629. The second-order valence-corrected chi connectivity index (χ2v) is 24.9. The summed E-state index contributed by atoms with van der Waals surface area (Å²) in [6.45, 7) is 22.3. The van der Waals surface area contributed by atoms with Gasteiger partial charge < -0.3 is 9.32 Å². The van der Waals surface area contributed by atoms with Crippen molar-refractivity contribution in [2.45, 2.75) is 162 Å². The van der Waals surface area contributed by atoms with Crippen LogP contribution in [0.3, 0.4) is 0 Å². The van der Waals surface area contributed by atoms with Crippen LogP contribution in [-0.4, -0.2) is 0 Å². The topological polar surface area (TPSA) is 16.4 Å². The van der Waals surface area contributed by atoms with Crippen LogP contribution in [-0.2, 0) is 16.2 Å². The molecule has 8 aromatic carbocycles. The van der Waals surface area contributed by atoms with Crippen molar-refractivity contribution in [1.82, 2.24) is 0 Å². The summed E-state index contributed by atoms with van der Waals surface area (Å²) in [4.78, 5) is 2.41. The number of benzene rings is 8. The first kappa shape index (κ1) is 55.2. The van der Waals surface area contributed by atoms with Crippen molar-refractivity contribution < 1.29 is 4.42 Å². The lowest BCUT2D eigenvalue weighted by atomic mass is 9.70. The Morgan fingerprint density at radius 1 is 0.405 bits per heavy atom. The third-order valence-electron chi connectivity index (χ3n) is 17.2. The lowest BCUT2D eigenvalue weighted by Crippen LogP contribution is -2.25. The molecular weight excluding hydrogens is 955 g/mol. The highest BCUT2D eigenvalue weighted by atomic mass is 16.3. The number of hydrogen-bond donors (Lipinski definition) is 0. The molecule has 0 saturated carbocycles. The summed E-state index contributed by atoms with van der Waals surface area (Å²) in [5, 5.41) is 1.12. The van der Waals surface area contributed by atoms with Crippen LogP contribution < -0.4 is 4.90 Å². The highest BCUT2D eigenvalue weighted by Crippen LogP contribution is 2.56. The summed E-state index contributed by atoms with van der Waals surface area (Å²) in [5.74, 6) is 0.932. The Labute approximate surface area is 474 Å². The molecule has 1 aliphatic carbocycles. The maximum Gasteiger partial charge on any atom is 0.135 e. The molecule has 0 saturated heterocycles. The van der Waals surface area contributed by atoms with Crippen molar-refractivity contribution in [2.24, 2.45) is 0 Å². The molecule has 2 nitrogen and oxygen atoms in total. The van der Waals surface area contributed by atoms with Gasteiger partial charge in [-0.3, -0.25) is 0 Å². The predicted molar refractivity (Wildman–Crippen MR) is 342 cm³/mol. The third-order valence-corrected chi connectivity index (χ3v) is 17.2. The van der Waals surface area contributed by atoms with Gasteiger partial charge in [0.25, 0.3) is 0 Å². The summed E-state index contributed by atoms with van der Waals surface area (Å²) >= 11 is 0. The average molecular weight is 1040 g/mol. The molecular formula is C77H85NO. The zero-order valence-electron chi connectivity index (χ0n) is 48.9. The number of unbranched alkanes of at least 4 members (excludes halogenated alkanes) is 10. The fourth-order valence-corrected chi connectivity index (χ4v) is 12.4. The van der Waals surface area contributed by atoms with Gasteiger partial charge >= 0.3 is 0 Å². The molecule has 0 fully saturated rings. The molecule has 0 N–H and O–H groups in total. The van der Waals surface area contributed by atoms with Gasteiger partial charge in [0.1, 0.15) is 11.3 Å². The molecule has 79 heavy (non-hydrogen) atoms. The van der Waals surface area contributed by atoms with Gasteiger partial charge in [0, 0.05) is 33.4 Å². The van der Waals surface area contributed by atoms with E-state index in [0.717, 1.165) is 57.8 Å². The van der Waals surface area contributed by atoms with Gasteiger partial charge in [-0.15, -0.1) is 0 Å². The fourth-order valence-electron chi connectivity index (χ4n) is 12.4. The molecule has 1 aromatic heterocycles. The zero-order valence-corrected chi connectivity index (χ0v) is 48.9. The van der Waals surface area contributed by atoms with E-state index in [1.54, 1.807) is 0 Å². The summed E-state index contributed by atoms with van der Waals surface area (Å²) in [6, 6.07) is 69.0. The van der Waals surface area contributed by atoms with Crippen LogP contribution in [0.2, 0.25) is 0 Å². The standard InChI is InChI=1S/C77H85NO/c1-10-13-15-17-19-21-49-77(50-22-20-18-16-14-11-2)71-52-61(35-47-69(71)70-48-36-62(53-72(70)77)74-54-63-24-23-55(12-3)51-73(63)79-74)60-33-45-68(46-34-60)78(66-41-29-58(30-42-66)56-25-37-64(38-26-56)75(4,5)6)67-43-31-59(32-44-67)57-27-39-65(40-28-57)76(7,8)9/h12,23-48,51-54H,3,10-11,13-22,49-50H2,1-2,4-9H3. The van der Waals surface area contributed by atoms with Gasteiger partial charge in [0.05, 0.1) is 0 Å². The maximum atomic E-state index is 6.65. The molecule has 0 amide bonds. The fraction of sp³-hybridized carbons (Fsp3) is 0.325. The Bertz CT molecular complexity index is 3350. The number of fused-ring (bicyclic) bond motifs is 4. The van der Waals surface area contributed by atoms with Crippen LogP contribution in [0, 0.1) is 0 Å². The Balaban J connectivity index is 1.01. The first-order valence-electron chi connectivity index (χ1n) is 30.0. The molecule has 0 spiro atoms. The summed E-state index contributed by atoms with van der Waals surface area (Å²) in [7, 11) is 0.